The van der Waals surface area contributed by atoms with Crippen LogP contribution in [0.25, 0.3) is 0 Å². The van der Waals surface area contributed by atoms with Gasteiger partial charge in [-0.15, -0.1) is 11.3 Å². The second-order valence-corrected chi connectivity index (χ2v) is 6.28. The van der Waals surface area contributed by atoms with E-state index in [0.29, 0.717) is 0 Å². The van der Waals surface area contributed by atoms with Gasteiger partial charge in [0.15, 0.2) is 0 Å². The third-order valence-corrected chi connectivity index (χ3v) is 4.65. The summed E-state index contributed by atoms with van der Waals surface area (Å²) in [5.41, 5.74) is 1.16. The van der Waals surface area contributed by atoms with Crippen LogP contribution in [-0.4, -0.2) is 36.5 Å². The summed E-state index contributed by atoms with van der Waals surface area (Å²) < 4.78 is 0. The molecular weight excluding hydrogens is 256 g/mol. The van der Waals surface area contributed by atoms with E-state index in [1.165, 1.54) is 32.4 Å². The smallest absolute Gasteiger partial charge is 0.261 e. The number of nitrogens with one attached hydrogen (secondary N) is 1. The van der Waals surface area contributed by atoms with Gasteiger partial charge in [-0.3, -0.25) is 4.79 Å². The number of aryl methyl sites for hydroxylation is 1. The van der Waals surface area contributed by atoms with Crippen molar-refractivity contribution in [1.29, 1.82) is 0 Å². The molecule has 1 aliphatic rings. The molecule has 3 nitrogen and oxygen atoms in total. The van der Waals surface area contributed by atoms with E-state index >= 15 is 0 Å². The number of likely N-dealkylation sites (tertiary alicyclic amines) is 1. The van der Waals surface area contributed by atoms with Crippen LogP contribution < -0.4 is 5.32 Å². The zero-order valence-electron chi connectivity index (χ0n) is 11.9. The molecule has 4 heteroatoms. The van der Waals surface area contributed by atoms with E-state index in [0.717, 1.165) is 23.4 Å². The van der Waals surface area contributed by atoms with Gasteiger partial charge in [-0.05, 0) is 56.3 Å². The van der Waals surface area contributed by atoms with Crippen molar-refractivity contribution in [3.8, 4) is 0 Å². The monoisotopic (exact) mass is 280 g/mol. The number of thiophene rings is 1. The maximum absolute atomic E-state index is 12.2. The first kappa shape index (κ1) is 14.5. The third kappa shape index (κ3) is 4.05. The quantitative estimate of drug-likeness (QED) is 0.899. The third-order valence-electron chi connectivity index (χ3n) is 3.69. The molecule has 2 rings (SSSR count). The van der Waals surface area contributed by atoms with Crippen molar-refractivity contribution in [2.24, 2.45) is 0 Å². The van der Waals surface area contributed by atoms with Gasteiger partial charge in [0, 0.05) is 12.6 Å². The minimum Gasteiger partial charge on any atom is -0.348 e. The fourth-order valence-corrected chi connectivity index (χ4v) is 3.58. The van der Waals surface area contributed by atoms with E-state index in [2.05, 4.69) is 30.1 Å². The standard InChI is InChI=1S/C15H24N2OS/c1-3-13-7-10-19-14(13)15(18)16-12(2)11-17-8-5-4-6-9-17/h7,10,12H,3-6,8-9,11H2,1-2H3,(H,16,18). The topological polar surface area (TPSA) is 32.3 Å². The molecule has 1 saturated heterocycles. The molecular formula is C15H24N2OS. The highest BCUT2D eigenvalue weighted by molar-refractivity contribution is 7.12. The molecule has 1 aromatic rings. The Morgan fingerprint density at radius 3 is 2.84 bits per heavy atom. The van der Waals surface area contributed by atoms with E-state index in [9.17, 15) is 4.79 Å². The number of hydrogen-bond donors (Lipinski definition) is 1. The van der Waals surface area contributed by atoms with Crippen molar-refractivity contribution in [3.63, 3.8) is 0 Å². The number of piperidine rings is 1. The highest BCUT2D eigenvalue weighted by Gasteiger charge is 2.17. The molecule has 106 valence electrons. The van der Waals surface area contributed by atoms with Crippen LogP contribution in [0.2, 0.25) is 0 Å². The van der Waals surface area contributed by atoms with Crippen LogP contribution >= 0.6 is 11.3 Å². The van der Waals surface area contributed by atoms with Crippen molar-refractivity contribution in [2.75, 3.05) is 19.6 Å². The molecule has 1 atom stereocenters. The van der Waals surface area contributed by atoms with E-state index in [-0.39, 0.29) is 11.9 Å². The van der Waals surface area contributed by atoms with Crippen molar-refractivity contribution in [3.05, 3.63) is 21.9 Å². The first-order valence-electron chi connectivity index (χ1n) is 7.30. The van der Waals surface area contributed by atoms with E-state index < -0.39 is 0 Å². The summed E-state index contributed by atoms with van der Waals surface area (Å²) in [5, 5.41) is 5.14. The number of nitrogens with zero attached hydrogens (tertiary/aromatic N) is 1. The SMILES string of the molecule is CCc1ccsc1C(=O)NC(C)CN1CCCCC1. The molecule has 0 spiro atoms. The molecule has 1 amide bonds. The Kier molecular flexibility index (Phi) is 5.40. The lowest BCUT2D eigenvalue weighted by molar-refractivity contribution is 0.0929. The summed E-state index contributed by atoms with van der Waals surface area (Å²) in [5.74, 6) is 0.0939. The highest BCUT2D eigenvalue weighted by Crippen LogP contribution is 2.17. The molecule has 1 fully saturated rings. The molecule has 1 N–H and O–H groups in total. The molecule has 0 bridgehead atoms. The fourth-order valence-electron chi connectivity index (χ4n) is 2.68. The number of amides is 1. The molecule has 0 saturated carbocycles. The maximum Gasteiger partial charge on any atom is 0.261 e. The van der Waals surface area contributed by atoms with Gasteiger partial charge in [0.05, 0.1) is 4.88 Å². The van der Waals surface area contributed by atoms with Crippen molar-refractivity contribution in [1.82, 2.24) is 10.2 Å². The summed E-state index contributed by atoms with van der Waals surface area (Å²) in [6.45, 7) is 7.53. The molecule has 0 aliphatic carbocycles. The summed E-state index contributed by atoms with van der Waals surface area (Å²) in [7, 11) is 0. The van der Waals surface area contributed by atoms with Crippen LogP contribution in [0.1, 0.15) is 48.3 Å². The molecule has 1 unspecified atom stereocenters. The Morgan fingerprint density at radius 1 is 1.42 bits per heavy atom. The van der Waals surface area contributed by atoms with Crippen molar-refractivity contribution < 1.29 is 4.79 Å². The van der Waals surface area contributed by atoms with Crippen LogP contribution in [-0.2, 0) is 6.42 Å². The lowest BCUT2D eigenvalue weighted by Crippen LogP contribution is -2.43. The van der Waals surface area contributed by atoms with Crippen LogP contribution in [0.3, 0.4) is 0 Å². The van der Waals surface area contributed by atoms with Crippen molar-refractivity contribution >= 4 is 17.2 Å². The Labute approximate surface area is 120 Å². The van der Waals surface area contributed by atoms with Crippen molar-refractivity contribution in [2.45, 2.75) is 45.6 Å². The summed E-state index contributed by atoms with van der Waals surface area (Å²) in [6.07, 6.45) is 4.87. The molecule has 2 heterocycles. The lowest BCUT2D eigenvalue weighted by Gasteiger charge is -2.29. The molecule has 1 aliphatic heterocycles. The van der Waals surface area contributed by atoms with Gasteiger partial charge in [-0.25, -0.2) is 0 Å². The van der Waals surface area contributed by atoms with Gasteiger partial charge in [-0.1, -0.05) is 13.3 Å². The molecule has 0 aromatic carbocycles. The lowest BCUT2D eigenvalue weighted by atomic mass is 10.1. The average molecular weight is 280 g/mol. The predicted molar refractivity (Wildman–Crippen MR) is 80.9 cm³/mol. The van der Waals surface area contributed by atoms with Gasteiger partial charge in [-0.2, -0.15) is 0 Å². The first-order valence-corrected chi connectivity index (χ1v) is 8.18. The summed E-state index contributed by atoms with van der Waals surface area (Å²) >= 11 is 1.54. The molecule has 1 aromatic heterocycles. The Bertz CT molecular complexity index is 410. The summed E-state index contributed by atoms with van der Waals surface area (Å²) in [6, 6.07) is 2.27. The Morgan fingerprint density at radius 2 is 2.16 bits per heavy atom. The van der Waals surface area contributed by atoms with Crippen LogP contribution in [0.5, 0.6) is 0 Å². The Hall–Kier alpha value is -0.870. The van der Waals surface area contributed by atoms with E-state index in [1.807, 2.05) is 5.38 Å². The summed E-state index contributed by atoms with van der Waals surface area (Å²) in [4.78, 5) is 15.6. The highest BCUT2D eigenvalue weighted by atomic mass is 32.1. The fraction of sp³-hybridized carbons (Fsp3) is 0.667. The Balaban J connectivity index is 1.84. The van der Waals surface area contributed by atoms with Gasteiger partial charge >= 0.3 is 0 Å². The second kappa shape index (κ2) is 7.06. The zero-order valence-corrected chi connectivity index (χ0v) is 12.8. The number of hydrogen-bond acceptors (Lipinski definition) is 3. The largest absolute Gasteiger partial charge is 0.348 e. The van der Waals surface area contributed by atoms with Crippen LogP contribution in [0.4, 0.5) is 0 Å². The van der Waals surface area contributed by atoms with E-state index in [1.54, 1.807) is 11.3 Å². The van der Waals surface area contributed by atoms with Gasteiger partial charge < -0.3 is 10.2 Å². The second-order valence-electron chi connectivity index (χ2n) is 5.36. The normalized spacial score (nSPS) is 18.2. The minimum atomic E-state index is 0.0939. The molecule has 0 radical (unpaired) electrons. The maximum atomic E-state index is 12.2. The first-order chi connectivity index (χ1) is 9.20. The number of carbonyl (C=O) groups excluding carboxylic acids is 1. The van der Waals surface area contributed by atoms with Crippen LogP contribution in [0, 0.1) is 0 Å². The molecule has 19 heavy (non-hydrogen) atoms. The van der Waals surface area contributed by atoms with E-state index in [4.69, 9.17) is 0 Å². The number of rotatable bonds is 5. The van der Waals surface area contributed by atoms with Gasteiger partial charge in [0.2, 0.25) is 0 Å². The van der Waals surface area contributed by atoms with Gasteiger partial charge in [0.25, 0.3) is 5.91 Å². The van der Waals surface area contributed by atoms with Gasteiger partial charge in [0.1, 0.15) is 0 Å². The zero-order chi connectivity index (χ0) is 13.7. The number of carbonyl (C=O) groups is 1. The van der Waals surface area contributed by atoms with Crippen LogP contribution in [0.15, 0.2) is 11.4 Å². The minimum absolute atomic E-state index is 0.0939. The average Bonchev–Trinajstić information content (AvgIpc) is 2.88. The predicted octanol–water partition coefficient (Wildman–Crippen LogP) is 2.91.